The van der Waals surface area contributed by atoms with Gasteiger partial charge in [-0.2, -0.15) is 0 Å². The zero-order valence-corrected chi connectivity index (χ0v) is 13.8. The second-order valence-electron chi connectivity index (χ2n) is 5.63. The fourth-order valence-corrected chi connectivity index (χ4v) is 2.84. The van der Waals surface area contributed by atoms with Crippen LogP contribution in [0, 0.1) is 6.92 Å². The van der Waals surface area contributed by atoms with E-state index in [1.165, 1.54) is 35.0 Å². The van der Waals surface area contributed by atoms with E-state index in [1.807, 2.05) is 7.05 Å². The number of ether oxygens (including phenoxy) is 1. The number of benzene rings is 1. The van der Waals surface area contributed by atoms with Gasteiger partial charge in [0.05, 0.1) is 6.61 Å². The molecular formula is C18H28N2O. The molecule has 0 saturated carbocycles. The van der Waals surface area contributed by atoms with Crippen molar-refractivity contribution >= 4 is 10.9 Å². The summed E-state index contributed by atoms with van der Waals surface area (Å²) < 4.78 is 8.25. The summed E-state index contributed by atoms with van der Waals surface area (Å²) in [7, 11) is 2.01. The van der Waals surface area contributed by atoms with E-state index >= 15 is 0 Å². The third-order valence-corrected chi connectivity index (χ3v) is 3.99. The fraction of sp³-hybridized carbons (Fsp3) is 0.556. The van der Waals surface area contributed by atoms with Crippen molar-refractivity contribution in [2.75, 3.05) is 13.7 Å². The van der Waals surface area contributed by atoms with E-state index in [0.29, 0.717) is 0 Å². The van der Waals surface area contributed by atoms with Gasteiger partial charge >= 0.3 is 0 Å². The van der Waals surface area contributed by atoms with Crippen molar-refractivity contribution in [3.63, 3.8) is 0 Å². The Hall–Kier alpha value is -1.48. The minimum absolute atomic E-state index is 0.780. The highest BCUT2D eigenvalue weighted by Gasteiger charge is 2.14. The molecule has 0 fully saturated rings. The van der Waals surface area contributed by atoms with Crippen molar-refractivity contribution in [3.05, 3.63) is 29.5 Å². The van der Waals surface area contributed by atoms with E-state index in [2.05, 4.69) is 48.9 Å². The van der Waals surface area contributed by atoms with Crippen LogP contribution in [0.1, 0.15) is 44.4 Å². The van der Waals surface area contributed by atoms with Gasteiger partial charge in [0.25, 0.3) is 0 Å². The molecule has 0 radical (unpaired) electrons. The number of unbranched alkanes of at least 4 members (excludes halogenated alkanes) is 1. The molecule has 3 heteroatoms. The van der Waals surface area contributed by atoms with E-state index in [9.17, 15) is 0 Å². The number of fused-ring (bicyclic) bond motifs is 1. The highest BCUT2D eigenvalue weighted by atomic mass is 16.5. The Bertz CT molecular complexity index is 586. The molecule has 2 aromatic rings. The second kappa shape index (κ2) is 7.51. The molecular weight excluding hydrogens is 260 g/mol. The summed E-state index contributed by atoms with van der Waals surface area (Å²) in [6.45, 7) is 9.39. The summed E-state index contributed by atoms with van der Waals surface area (Å²) >= 11 is 0. The van der Waals surface area contributed by atoms with E-state index < -0.39 is 0 Å². The molecule has 0 atom stereocenters. The summed E-state index contributed by atoms with van der Waals surface area (Å²) in [5.74, 6) is 0.981. The van der Waals surface area contributed by atoms with Gasteiger partial charge in [-0.25, -0.2) is 0 Å². The van der Waals surface area contributed by atoms with Crippen molar-refractivity contribution in [2.24, 2.45) is 0 Å². The molecule has 0 spiro atoms. The van der Waals surface area contributed by atoms with Crippen molar-refractivity contribution in [2.45, 2.75) is 53.1 Å². The number of aromatic nitrogens is 1. The van der Waals surface area contributed by atoms with Crippen molar-refractivity contribution < 1.29 is 4.74 Å². The third kappa shape index (κ3) is 3.41. The van der Waals surface area contributed by atoms with Crippen molar-refractivity contribution in [1.29, 1.82) is 0 Å². The molecule has 21 heavy (non-hydrogen) atoms. The Kier molecular flexibility index (Phi) is 5.68. The SMILES string of the molecule is CCCCn1c(C)c(CNC)c2cc(OCCC)ccc21. The second-order valence-corrected chi connectivity index (χ2v) is 5.63. The zero-order chi connectivity index (χ0) is 15.2. The Morgan fingerprint density at radius 3 is 2.67 bits per heavy atom. The highest BCUT2D eigenvalue weighted by molar-refractivity contribution is 5.87. The molecule has 0 unspecified atom stereocenters. The smallest absolute Gasteiger partial charge is 0.120 e. The lowest BCUT2D eigenvalue weighted by Crippen LogP contribution is -2.07. The fourth-order valence-electron chi connectivity index (χ4n) is 2.84. The first-order chi connectivity index (χ1) is 10.2. The number of aryl methyl sites for hydroxylation is 1. The van der Waals surface area contributed by atoms with E-state index in [0.717, 1.165) is 31.9 Å². The number of nitrogens with one attached hydrogen (secondary N) is 1. The predicted octanol–water partition coefficient (Wildman–Crippen LogP) is 4.26. The van der Waals surface area contributed by atoms with Gasteiger partial charge < -0.3 is 14.6 Å². The Morgan fingerprint density at radius 1 is 1.19 bits per heavy atom. The first-order valence-electron chi connectivity index (χ1n) is 8.12. The maximum absolute atomic E-state index is 5.80. The van der Waals surface area contributed by atoms with Gasteiger partial charge in [-0.05, 0) is 50.6 Å². The molecule has 116 valence electrons. The van der Waals surface area contributed by atoms with Crippen LogP contribution in [-0.2, 0) is 13.1 Å². The molecule has 0 aliphatic carbocycles. The number of hydrogen-bond donors (Lipinski definition) is 1. The number of hydrogen-bond acceptors (Lipinski definition) is 2. The van der Waals surface area contributed by atoms with E-state index in [4.69, 9.17) is 4.74 Å². The lowest BCUT2D eigenvalue weighted by atomic mass is 10.1. The molecule has 3 nitrogen and oxygen atoms in total. The van der Waals surface area contributed by atoms with Gasteiger partial charge in [-0.15, -0.1) is 0 Å². The van der Waals surface area contributed by atoms with Crippen LogP contribution in [0.2, 0.25) is 0 Å². The topological polar surface area (TPSA) is 26.2 Å². The highest BCUT2D eigenvalue weighted by Crippen LogP contribution is 2.30. The molecule has 0 saturated heterocycles. The van der Waals surface area contributed by atoms with Crippen LogP contribution in [0.5, 0.6) is 5.75 Å². The molecule has 1 aromatic heterocycles. The predicted molar refractivity (Wildman–Crippen MR) is 90.1 cm³/mol. The summed E-state index contributed by atoms with van der Waals surface area (Å²) in [5.41, 5.74) is 4.10. The Balaban J connectivity index is 2.46. The van der Waals surface area contributed by atoms with Crippen LogP contribution >= 0.6 is 0 Å². The molecule has 0 aliphatic rings. The van der Waals surface area contributed by atoms with E-state index in [1.54, 1.807) is 0 Å². The van der Waals surface area contributed by atoms with Gasteiger partial charge in [0.15, 0.2) is 0 Å². The zero-order valence-electron chi connectivity index (χ0n) is 13.8. The van der Waals surface area contributed by atoms with Crippen LogP contribution in [-0.4, -0.2) is 18.2 Å². The molecule has 1 aromatic carbocycles. The first-order valence-corrected chi connectivity index (χ1v) is 8.12. The summed E-state index contributed by atoms with van der Waals surface area (Å²) in [4.78, 5) is 0. The van der Waals surface area contributed by atoms with Crippen LogP contribution in [0.15, 0.2) is 18.2 Å². The van der Waals surface area contributed by atoms with Gasteiger partial charge in [-0.1, -0.05) is 20.3 Å². The summed E-state index contributed by atoms with van der Waals surface area (Å²) in [6.07, 6.45) is 3.48. The van der Waals surface area contributed by atoms with Crippen LogP contribution < -0.4 is 10.1 Å². The van der Waals surface area contributed by atoms with Gasteiger partial charge in [-0.3, -0.25) is 0 Å². The largest absolute Gasteiger partial charge is 0.494 e. The minimum Gasteiger partial charge on any atom is -0.494 e. The average molecular weight is 288 g/mol. The lowest BCUT2D eigenvalue weighted by molar-refractivity contribution is 0.318. The van der Waals surface area contributed by atoms with E-state index in [-0.39, 0.29) is 0 Å². The third-order valence-electron chi connectivity index (χ3n) is 3.99. The monoisotopic (exact) mass is 288 g/mol. The molecule has 1 N–H and O–H groups in total. The first kappa shape index (κ1) is 15.9. The normalized spacial score (nSPS) is 11.2. The van der Waals surface area contributed by atoms with Gasteiger partial charge in [0.2, 0.25) is 0 Å². The molecule has 1 heterocycles. The molecule has 2 rings (SSSR count). The quantitative estimate of drug-likeness (QED) is 0.785. The van der Waals surface area contributed by atoms with Crippen LogP contribution in [0.4, 0.5) is 0 Å². The number of rotatable bonds is 8. The summed E-state index contributed by atoms with van der Waals surface area (Å²) in [5, 5.41) is 4.62. The maximum Gasteiger partial charge on any atom is 0.120 e. The van der Waals surface area contributed by atoms with Crippen molar-refractivity contribution in [1.82, 2.24) is 9.88 Å². The lowest BCUT2D eigenvalue weighted by Gasteiger charge is -2.08. The van der Waals surface area contributed by atoms with Gasteiger partial charge in [0, 0.05) is 29.7 Å². The summed E-state index contributed by atoms with van der Waals surface area (Å²) in [6, 6.07) is 6.51. The van der Waals surface area contributed by atoms with Crippen LogP contribution in [0.25, 0.3) is 10.9 Å². The Labute approximate surface area is 128 Å². The van der Waals surface area contributed by atoms with Crippen LogP contribution in [0.3, 0.4) is 0 Å². The average Bonchev–Trinajstić information content (AvgIpc) is 2.75. The molecule has 0 amide bonds. The molecule has 0 aliphatic heterocycles. The van der Waals surface area contributed by atoms with Gasteiger partial charge in [0.1, 0.15) is 5.75 Å². The van der Waals surface area contributed by atoms with Crippen molar-refractivity contribution in [3.8, 4) is 5.75 Å². The maximum atomic E-state index is 5.80. The molecule has 0 bridgehead atoms. The number of nitrogens with zero attached hydrogens (tertiary/aromatic N) is 1. The standard InChI is InChI=1S/C18H28N2O/c1-5-7-10-20-14(3)17(13-19-4)16-12-15(21-11-6-2)8-9-18(16)20/h8-9,12,19H,5-7,10-11,13H2,1-4H3. The Morgan fingerprint density at radius 2 is 2.00 bits per heavy atom. The minimum atomic E-state index is 0.780.